The molecule has 0 atom stereocenters. The first-order valence-electron chi connectivity index (χ1n) is 11.0. The molecule has 33 heavy (non-hydrogen) atoms. The first-order valence-corrected chi connectivity index (χ1v) is 13.1. The van der Waals surface area contributed by atoms with Crippen molar-refractivity contribution in [2.75, 3.05) is 11.5 Å². The van der Waals surface area contributed by atoms with Crippen LogP contribution in [-0.2, 0) is 6.54 Å². The van der Waals surface area contributed by atoms with Gasteiger partial charge in [-0.2, -0.15) is 5.10 Å². The van der Waals surface area contributed by atoms with Crippen molar-refractivity contribution < 1.29 is 9.59 Å². The Morgan fingerprint density at radius 3 is 2.33 bits per heavy atom. The van der Waals surface area contributed by atoms with Gasteiger partial charge >= 0.3 is 0 Å². The topological polar surface area (TPSA) is 93.1 Å². The molecule has 0 unspecified atom stereocenters. The van der Waals surface area contributed by atoms with Crippen LogP contribution < -0.4 is 16.4 Å². The summed E-state index contributed by atoms with van der Waals surface area (Å²) < 4.78 is 1.75. The van der Waals surface area contributed by atoms with Gasteiger partial charge < -0.3 is 0 Å². The van der Waals surface area contributed by atoms with E-state index in [1.165, 1.54) is 10.2 Å². The lowest BCUT2D eigenvalue weighted by atomic mass is 10.1. The van der Waals surface area contributed by atoms with Crippen molar-refractivity contribution in [3.05, 3.63) is 75.7 Å². The second-order valence-electron chi connectivity index (χ2n) is 7.73. The molecule has 2 amide bonds. The van der Waals surface area contributed by atoms with Gasteiger partial charge in [-0.3, -0.25) is 25.2 Å². The maximum absolute atomic E-state index is 12.9. The van der Waals surface area contributed by atoms with Crippen LogP contribution in [0.3, 0.4) is 0 Å². The Kier molecular flexibility index (Phi) is 7.72. The number of hydrogen-bond acceptors (Lipinski definition) is 6. The molecule has 1 aliphatic heterocycles. The van der Waals surface area contributed by atoms with E-state index in [-0.39, 0.29) is 11.3 Å². The van der Waals surface area contributed by atoms with E-state index in [1.54, 1.807) is 36.4 Å². The molecule has 0 bridgehead atoms. The largest absolute Gasteiger partial charge is 0.290 e. The number of rotatable bonds is 7. The van der Waals surface area contributed by atoms with Crippen LogP contribution in [0.4, 0.5) is 0 Å². The van der Waals surface area contributed by atoms with Gasteiger partial charge in [0.15, 0.2) is 5.69 Å². The highest BCUT2D eigenvalue weighted by atomic mass is 32.2. The van der Waals surface area contributed by atoms with E-state index in [0.717, 1.165) is 30.8 Å². The molecule has 9 heteroatoms. The van der Waals surface area contributed by atoms with Gasteiger partial charge in [-0.25, -0.2) is 4.68 Å². The van der Waals surface area contributed by atoms with Crippen LogP contribution in [0.25, 0.3) is 10.8 Å². The number of unbranched alkanes of at least 4 members (excludes halogenated alkanes) is 2. The zero-order valence-electron chi connectivity index (χ0n) is 18.4. The molecule has 0 saturated carbocycles. The minimum Gasteiger partial charge on any atom is -0.267 e. The van der Waals surface area contributed by atoms with Gasteiger partial charge in [0.1, 0.15) is 0 Å². The van der Waals surface area contributed by atoms with E-state index >= 15 is 0 Å². The predicted molar refractivity (Wildman–Crippen MR) is 135 cm³/mol. The number of amides is 2. The first kappa shape index (κ1) is 23.4. The Balaban J connectivity index is 1.48. The van der Waals surface area contributed by atoms with Gasteiger partial charge in [-0.05, 0) is 30.2 Å². The standard InChI is InChI=1S/C24H26N4O3S2/c1-2-3-6-13-28-23(31)19-8-5-4-7-18(19)20(27-28)22(30)26-25-21(29)16-9-11-17(12-10-16)24-32-14-15-33-24/h4-5,7-12,24H,2-3,6,13-15H2,1H3,(H,25,29)(H,26,30). The van der Waals surface area contributed by atoms with E-state index in [2.05, 4.69) is 22.9 Å². The summed E-state index contributed by atoms with van der Waals surface area (Å²) in [4.78, 5) is 38.2. The molecule has 0 radical (unpaired) electrons. The molecule has 2 N–H and O–H groups in total. The van der Waals surface area contributed by atoms with Crippen LogP contribution >= 0.6 is 23.5 Å². The molecule has 2 aromatic carbocycles. The molecule has 1 fully saturated rings. The molecule has 2 heterocycles. The lowest BCUT2D eigenvalue weighted by molar-refractivity contribution is 0.0843. The lowest BCUT2D eigenvalue weighted by Crippen LogP contribution is -2.42. The average molecular weight is 483 g/mol. The third-order valence-electron chi connectivity index (χ3n) is 5.41. The number of aromatic nitrogens is 2. The fraction of sp³-hybridized carbons (Fsp3) is 0.333. The maximum Gasteiger partial charge on any atom is 0.290 e. The van der Waals surface area contributed by atoms with E-state index in [4.69, 9.17) is 0 Å². The number of thioether (sulfide) groups is 2. The van der Waals surface area contributed by atoms with Gasteiger partial charge in [0, 0.05) is 29.0 Å². The van der Waals surface area contributed by atoms with Gasteiger partial charge in [0.2, 0.25) is 0 Å². The number of carbonyl (C=O) groups is 2. The zero-order chi connectivity index (χ0) is 23.2. The van der Waals surface area contributed by atoms with Crippen molar-refractivity contribution in [2.45, 2.75) is 37.3 Å². The summed E-state index contributed by atoms with van der Waals surface area (Å²) in [5.41, 5.74) is 6.43. The molecule has 7 nitrogen and oxygen atoms in total. The van der Waals surface area contributed by atoms with Crippen LogP contribution in [0.5, 0.6) is 0 Å². The van der Waals surface area contributed by atoms with Crippen molar-refractivity contribution in [2.24, 2.45) is 0 Å². The summed E-state index contributed by atoms with van der Waals surface area (Å²) in [7, 11) is 0. The number of hydrogen-bond donors (Lipinski definition) is 2. The predicted octanol–water partition coefficient (Wildman–Crippen LogP) is 4.14. The number of hydrazine groups is 1. The third kappa shape index (κ3) is 5.42. The monoisotopic (exact) mass is 482 g/mol. The fourth-order valence-electron chi connectivity index (χ4n) is 3.65. The number of aryl methyl sites for hydroxylation is 1. The second kappa shape index (κ2) is 10.9. The highest BCUT2D eigenvalue weighted by Crippen LogP contribution is 2.45. The van der Waals surface area contributed by atoms with Gasteiger partial charge in [0.25, 0.3) is 17.4 Å². The van der Waals surface area contributed by atoms with Gasteiger partial charge in [-0.1, -0.05) is 50.1 Å². The summed E-state index contributed by atoms with van der Waals surface area (Å²) in [6.07, 6.45) is 2.78. The Hall–Kier alpha value is -2.78. The smallest absolute Gasteiger partial charge is 0.267 e. The van der Waals surface area contributed by atoms with Crippen LogP contribution in [0.15, 0.2) is 53.3 Å². The van der Waals surface area contributed by atoms with Crippen molar-refractivity contribution in [1.82, 2.24) is 20.6 Å². The molecule has 1 saturated heterocycles. The van der Waals surface area contributed by atoms with Gasteiger partial charge in [0.05, 0.1) is 9.97 Å². The van der Waals surface area contributed by atoms with Crippen LogP contribution in [0.2, 0.25) is 0 Å². The normalized spacial score (nSPS) is 13.8. The summed E-state index contributed by atoms with van der Waals surface area (Å²) >= 11 is 3.81. The quantitative estimate of drug-likeness (QED) is 0.388. The molecular weight excluding hydrogens is 456 g/mol. The molecule has 3 aromatic rings. The highest BCUT2D eigenvalue weighted by molar-refractivity contribution is 8.19. The third-order valence-corrected chi connectivity index (χ3v) is 8.52. The van der Waals surface area contributed by atoms with E-state index < -0.39 is 11.8 Å². The highest BCUT2D eigenvalue weighted by Gasteiger charge is 2.20. The average Bonchev–Trinajstić information content (AvgIpc) is 3.39. The van der Waals surface area contributed by atoms with Crippen molar-refractivity contribution >= 4 is 46.1 Å². The maximum atomic E-state index is 12.9. The fourth-order valence-corrected chi connectivity index (χ4v) is 6.51. The molecule has 4 rings (SSSR count). The lowest BCUT2D eigenvalue weighted by Gasteiger charge is -2.12. The van der Waals surface area contributed by atoms with E-state index in [0.29, 0.717) is 27.5 Å². The number of benzene rings is 2. The first-order chi connectivity index (χ1) is 16.1. The Bertz CT molecular complexity index is 1200. The number of fused-ring (bicyclic) bond motifs is 1. The van der Waals surface area contributed by atoms with Crippen molar-refractivity contribution in [3.8, 4) is 0 Å². The minimum atomic E-state index is -0.570. The van der Waals surface area contributed by atoms with Crippen LogP contribution in [0, 0.1) is 0 Å². The molecule has 0 aliphatic carbocycles. The van der Waals surface area contributed by atoms with E-state index in [1.807, 2.05) is 35.7 Å². The molecule has 1 aliphatic rings. The second-order valence-corrected chi connectivity index (χ2v) is 10.5. The van der Waals surface area contributed by atoms with Crippen LogP contribution in [0.1, 0.15) is 57.2 Å². The number of nitrogens with one attached hydrogen (secondary N) is 2. The Labute approximate surface area is 200 Å². The Morgan fingerprint density at radius 1 is 0.970 bits per heavy atom. The molecule has 172 valence electrons. The number of carbonyl (C=O) groups excluding carboxylic acids is 2. The SMILES string of the molecule is CCCCCn1nc(C(=O)NNC(=O)c2ccc(C3SCCS3)cc2)c2ccccc2c1=O. The summed E-state index contributed by atoms with van der Waals surface area (Å²) in [5, 5.41) is 5.20. The zero-order valence-corrected chi connectivity index (χ0v) is 20.0. The van der Waals surface area contributed by atoms with Crippen molar-refractivity contribution in [1.29, 1.82) is 0 Å². The van der Waals surface area contributed by atoms with E-state index in [9.17, 15) is 14.4 Å². The summed E-state index contributed by atoms with van der Waals surface area (Å²) in [5.74, 6) is 1.29. The van der Waals surface area contributed by atoms with Crippen LogP contribution in [-0.4, -0.2) is 33.1 Å². The summed E-state index contributed by atoms with van der Waals surface area (Å²) in [6.45, 7) is 2.52. The van der Waals surface area contributed by atoms with Gasteiger partial charge in [-0.15, -0.1) is 23.5 Å². The number of nitrogens with zero attached hydrogens (tertiary/aromatic N) is 2. The Morgan fingerprint density at radius 2 is 1.64 bits per heavy atom. The molecule has 0 spiro atoms. The van der Waals surface area contributed by atoms with Crippen molar-refractivity contribution in [3.63, 3.8) is 0 Å². The molecule has 1 aromatic heterocycles. The minimum absolute atomic E-state index is 0.104. The molecular formula is C24H26N4O3S2. The summed E-state index contributed by atoms with van der Waals surface area (Å²) in [6, 6.07) is 14.3.